The molecule has 154 valence electrons. The minimum absolute atomic E-state index is 0.0337. The third-order valence-electron chi connectivity index (χ3n) is 4.80. The highest BCUT2D eigenvalue weighted by Crippen LogP contribution is 2.47. The molecule has 0 amide bonds. The SMILES string of the molecule is COCOc1c(F)cc2ccccc2c1-c1c(OCOC)c(F)cc2ccccc12. The van der Waals surface area contributed by atoms with Crippen LogP contribution in [0.1, 0.15) is 0 Å². The molecule has 4 rings (SSSR count). The Morgan fingerprint density at radius 2 is 1.03 bits per heavy atom. The van der Waals surface area contributed by atoms with Gasteiger partial charge in [-0.15, -0.1) is 0 Å². The highest BCUT2D eigenvalue weighted by Gasteiger charge is 2.24. The lowest BCUT2D eigenvalue weighted by atomic mass is 9.91. The van der Waals surface area contributed by atoms with E-state index >= 15 is 8.78 Å². The lowest BCUT2D eigenvalue weighted by Gasteiger charge is -2.20. The van der Waals surface area contributed by atoms with Gasteiger partial charge >= 0.3 is 0 Å². The van der Waals surface area contributed by atoms with Gasteiger partial charge in [-0.3, -0.25) is 0 Å². The third kappa shape index (κ3) is 3.56. The predicted octanol–water partition coefficient (Wildman–Crippen LogP) is 5.90. The highest BCUT2D eigenvalue weighted by atomic mass is 19.1. The van der Waals surface area contributed by atoms with Gasteiger partial charge in [0.1, 0.15) is 0 Å². The van der Waals surface area contributed by atoms with Gasteiger partial charge in [0.2, 0.25) is 0 Å². The molecule has 4 aromatic rings. The summed E-state index contributed by atoms with van der Waals surface area (Å²) in [4.78, 5) is 0. The number of rotatable bonds is 7. The van der Waals surface area contributed by atoms with Gasteiger partial charge in [0.05, 0.1) is 0 Å². The van der Waals surface area contributed by atoms with Crippen LogP contribution in [0.2, 0.25) is 0 Å². The van der Waals surface area contributed by atoms with Crippen LogP contribution in [-0.2, 0) is 9.47 Å². The van der Waals surface area contributed by atoms with Crippen LogP contribution in [0.25, 0.3) is 32.7 Å². The van der Waals surface area contributed by atoms with Crippen molar-refractivity contribution in [1.29, 1.82) is 0 Å². The van der Waals surface area contributed by atoms with E-state index in [1.165, 1.54) is 26.4 Å². The van der Waals surface area contributed by atoms with Crippen molar-refractivity contribution in [3.05, 3.63) is 72.3 Å². The summed E-state index contributed by atoms with van der Waals surface area (Å²) in [7, 11) is 2.90. The Balaban J connectivity index is 2.16. The fourth-order valence-corrected chi connectivity index (χ4v) is 3.60. The van der Waals surface area contributed by atoms with Crippen LogP contribution in [0, 0.1) is 11.6 Å². The standard InChI is InChI=1S/C24H20F2O4/c1-27-13-29-23-19(25)11-15-7-3-5-9-17(15)21(23)22-18-10-6-4-8-16(18)12-20(26)24(22)30-14-28-2/h3-12H,13-14H2,1-2H3. The van der Waals surface area contributed by atoms with Crippen LogP contribution in [0.15, 0.2) is 60.7 Å². The van der Waals surface area contributed by atoms with E-state index in [1.54, 1.807) is 12.1 Å². The summed E-state index contributed by atoms with van der Waals surface area (Å²) < 4.78 is 51.5. The van der Waals surface area contributed by atoms with Crippen molar-refractivity contribution in [3.63, 3.8) is 0 Å². The summed E-state index contributed by atoms with van der Waals surface area (Å²) >= 11 is 0. The normalized spacial score (nSPS) is 11.2. The smallest absolute Gasteiger partial charge is 0.188 e. The van der Waals surface area contributed by atoms with Gasteiger partial charge in [0.15, 0.2) is 36.7 Å². The van der Waals surface area contributed by atoms with E-state index in [4.69, 9.17) is 18.9 Å². The van der Waals surface area contributed by atoms with Crippen LogP contribution in [-0.4, -0.2) is 27.8 Å². The first kappa shape index (κ1) is 20.1. The molecule has 0 radical (unpaired) electrons. The number of hydrogen-bond donors (Lipinski definition) is 0. The summed E-state index contributed by atoms with van der Waals surface area (Å²) in [5, 5.41) is 2.70. The van der Waals surface area contributed by atoms with Gasteiger partial charge in [0, 0.05) is 25.3 Å². The Kier molecular flexibility index (Phi) is 5.79. The maximum absolute atomic E-state index is 15.1. The molecule has 0 aromatic heterocycles. The highest BCUT2D eigenvalue weighted by molar-refractivity contribution is 6.10. The fraction of sp³-hybridized carbons (Fsp3) is 0.167. The van der Waals surface area contributed by atoms with E-state index in [2.05, 4.69) is 0 Å². The van der Waals surface area contributed by atoms with Crippen molar-refractivity contribution in [3.8, 4) is 22.6 Å². The first-order valence-electron chi connectivity index (χ1n) is 9.32. The van der Waals surface area contributed by atoms with Gasteiger partial charge in [-0.1, -0.05) is 48.5 Å². The molecule has 0 unspecified atom stereocenters. The lowest BCUT2D eigenvalue weighted by Crippen LogP contribution is -2.06. The quantitative estimate of drug-likeness (QED) is 0.355. The Morgan fingerprint density at radius 1 is 0.633 bits per heavy atom. The van der Waals surface area contributed by atoms with Crippen LogP contribution < -0.4 is 9.47 Å². The van der Waals surface area contributed by atoms with Gasteiger partial charge in [-0.2, -0.15) is 0 Å². The van der Waals surface area contributed by atoms with Crippen molar-refractivity contribution in [2.75, 3.05) is 27.8 Å². The van der Waals surface area contributed by atoms with E-state index in [0.29, 0.717) is 32.7 Å². The Hall–Kier alpha value is -3.22. The van der Waals surface area contributed by atoms with Gasteiger partial charge in [0.25, 0.3) is 0 Å². The van der Waals surface area contributed by atoms with Crippen molar-refractivity contribution in [2.45, 2.75) is 0 Å². The number of methoxy groups -OCH3 is 2. The van der Waals surface area contributed by atoms with Crippen LogP contribution in [0.4, 0.5) is 8.78 Å². The topological polar surface area (TPSA) is 36.9 Å². The number of ether oxygens (including phenoxy) is 4. The minimum Gasteiger partial charge on any atom is -0.464 e. The molecule has 0 aliphatic carbocycles. The summed E-state index contributed by atoms with van der Waals surface area (Å²) in [6.45, 7) is -0.326. The van der Waals surface area contributed by atoms with Crippen LogP contribution in [0.3, 0.4) is 0 Å². The summed E-state index contributed by atoms with van der Waals surface area (Å²) in [5.74, 6) is -1.22. The molecule has 0 N–H and O–H groups in total. The van der Waals surface area contributed by atoms with Crippen molar-refractivity contribution >= 4 is 21.5 Å². The van der Waals surface area contributed by atoms with Gasteiger partial charge in [-0.05, 0) is 33.7 Å². The molecule has 0 heterocycles. The maximum atomic E-state index is 15.1. The van der Waals surface area contributed by atoms with E-state index in [0.717, 1.165) is 0 Å². The molecular formula is C24H20F2O4. The molecule has 0 aliphatic heterocycles. The van der Waals surface area contributed by atoms with Gasteiger partial charge < -0.3 is 18.9 Å². The molecule has 0 fully saturated rings. The van der Waals surface area contributed by atoms with Crippen molar-refractivity contribution in [1.82, 2.24) is 0 Å². The molecule has 0 spiro atoms. The van der Waals surface area contributed by atoms with E-state index in [-0.39, 0.29) is 25.1 Å². The summed E-state index contributed by atoms with van der Waals surface area (Å²) in [5.41, 5.74) is 0.786. The second-order valence-electron chi connectivity index (χ2n) is 6.67. The maximum Gasteiger partial charge on any atom is 0.188 e. The number of benzene rings is 4. The molecule has 0 aliphatic rings. The average Bonchev–Trinajstić information content (AvgIpc) is 2.76. The fourth-order valence-electron chi connectivity index (χ4n) is 3.60. The second-order valence-corrected chi connectivity index (χ2v) is 6.67. The first-order valence-corrected chi connectivity index (χ1v) is 9.32. The molecule has 30 heavy (non-hydrogen) atoms. The molecule has 6 heteroatoms. The first-order chi connectivity index (χ1) is 14.7. The Morgan fingerprint density at radius 3 is 1.43 bits per heavy atom. The monoisotopic (exact) mass is 410 g/mol. The third-order valence-corrected chi connectivity index (χ3v) is 4.80. The van der Waals surface area contributed by atoms with E-state index in [9.17, 15) is 0 Å². The largest absolute Gasteiger partial charge is 0.464 e. The zero-order valence-electron chi connectivity index (χ0n) is 16.6. The van der Waals surface area contributed by atoms with Crippen molar-refractivity contribution < 1.29 is 27.7 Å². The van der Waals surface area contributed by atoms with Gasteiger partial charge in [-0.25, -0.2) is 8.78 Å². The molecular weight excluding hydrogens is 390 g/mol. The Bertz CT molecular complexity index is 1110. The average molecular weight is 410 g/mol. The molecule has 4 nitrogen and oxygen atoms in total. The Labute approximate surface area is 172 Å². The number of hydrogen-bond acceptors (Lipinski definition) is 4. The number of fused-ring (bicyclic) bond motifs is 2. The van der Waals surface area contributed by atoms with E-state index in [1.807, 2.05) is 36.4 Å². The van der Waals surface area contributed by atoms with E-state index < -0.39 is 11.6 Å². The predicted molar refractivity (Wildman–Crippen MR) is 112 cm³/mol. The lowest BCUT2D eigenvalue weighted by molar-refractivity contribution is 0.0473. The molecule has 0 saturated carbocycles. The molecule has 0 bridgehead atoms. The molecule has 0 atom stereocenters. The minimum atomic E-state index is -0.577. The van der Waals surface area contributed by atoms with Crippen molar-refractivity contribution in [2.24, 2.45) is 0 Å². The molecule has 0 saturated heterocycles. The summed E-state index contributed by atoms with van der Waals surface area (Å²) in [6.07, 6.45) is 0. The van der Waals surface area contributed by atoms with Crippen LogP contribution >= 0.6 is 0 Å². The van der Waals surface area contributed by atoms with Crippen LogP contribution in [0.5, 0.6) is 11.5 Å². The molecule has 4 aromatic carbocycles. The summed E-state index contributed by atoms with van der Waals surface area (Å²) in [6, 6.07) is 17.3. The second kappa shape index (κ2) is 8.65. The zero-order valence-corrected chi connectivity index (χ0v) is 16.6. The zero-order chi connectivity index (χ0) is 21.1. The number of halogens is 2.